The highest BCUT2D eigenvalue weighted by Gasteiger charge is 2.22. The Morgan fingerprint density at radius 3 is 2.37 bits per heavy atom. The van der Waals surface area contributed by atoms with E-state index in [1.54, 1.807) is 48.4 Å². The lowest BCUT2D eigenvalue weighted by atomic mass is 10.1. The number of rotatable bonds is 6. The minimum atomic E-state index is -3.58. The topological polar surface area (TPSA) is 68.1 Å². The summed E-state index contributed by atoms with van der Waals surface area (Å²) in [7, 11) is -2.01. The number of aromatic nitrogens is 3. The maximum atomic E-state index is 12.6. The van der Waals surface area contributed by atoms with Crippen molar-refractivity contribution in [2.45, 2.75) is 13.0 Å². The van der Waals surface area contributed by atoms with Crippen LogP contribution in [0, 0.1) is 0 Å². The molecule has 3 rings (SSSR count). The fraction of sp³-hybridized carbons (Fsp3) is 0.158. The van der Waals surface area contributed by atoms with Crippen molar-refractivity contribution in [1.82, 2.24) is 19.1 Å². The van der Waals surface area contributed by atoms with Gasteiger partial charge in [0.05, 0.1) is 5.69 Å². The molecule has 1 aromatic heterocycles. The van der Waals surface area contributed by atoms with Crippen LogP contribution in [0.15, 0.2) is 66.6 Å². The summed E-state index contributed by atoms with van der Waals surface area (Å²) in [4.78, 5) is 3.92. The second kappa shape index (κ2) is 8.04. The van der Waals surface area contributed by atoms with Crippen LogP contribution in [0.3, 0.4) is 0 Å². The molecule has 0 aliphatic rings. The minimum Gasteiger partial charge on any atom is -0.223 e. The first kappa shape index (κ1) is 19.3. The molecule has 3 aromatic rings. The van der Waals surface area contributed by atoms with Crippen LogP contribution in [-0.2, 0) is 10.0 Å². The fourth-order valence-electron chi connectivity index (χ4n) is 2.51. The summed E-state index contributed by atoms with van der Waals surface area (Å²) in [5.74, 6) is 0. The van der Waals surface area contributed by atoms with Crippen molar-refractivity contribution in [3.63, 3.8) is 0 Å². The average molecular weight is 403 g/mol. The summed E-state index contributed by atoms with van der Waals surface area (Å²) in [5.41, 5.74) is 2.50. The quantitative estimate of drug-likeness (QED) is 0.626. The molecule has 0 bridgehead atoms. The fourth-order valence-corrected chi connectivity index (χ4v) is 3.72. The van der Waals surface area contributed by atoms with Gasteiger partial charge < -0.3 is 0 Å². The van der Waals surface area contributed by atoms with Crippen LogP contribution in [-0.4, -0.2) is 34.5 Å². The van der Waals surface area contributed by atoms with E-state index in [-0.39, 0.29) is 6.04 Å². The zero-order valence-electron chi connectivity index (χ0n) is 14.9. The van der Waals surface area contributed by atoms with Crippen molar-refractivity contribution < 1.29 is 8.42 Å². The first-order valence-electron chi connectivity index (χ1n) is 8.23. The molecule has 0 unspecified atom stereocenters. The van der Waals surface area contributed by atoms with Gasteiger partial charge in [-0.3, -0.25) is 0 Å². The van der Waals surface area contributed by atoms with Crippen LogP contribution in [0.25, 0.3) is 11.8 Å². The Morgan fingerprint density at radius 2 is 1.78 bits per heavy atom. The van der Waals surface area contributed by atoms with Gasteiger partial charge in [0.25, 0.3) is 0 Å². The molecule has 8 heteroatoms. The van der Waals surface area contributed by atoms with E-state index in [2.05, 4.69) is 10.1 Å². The van der Waals surface area contributed by atoms with Crippen LogP contribution >= 0.6 is 11.6 Å². The molecule has 0 aliphatic carbocycles. The molecule has 0 spiro atoms. The van der Waals surface area contributed by atoms with Crippen molar-refractivity contribution in [1.29, 1.82) is 0 Å². The molecular formula is C19H19ClN4O2S. The third kappa shape index (κ3) is 4.63. The first-order chi connectivity index (χ1) is 12.9. The number of halogens is 1. The molecule has 0 saturated heterocycles. The number of sulfonamides is 1. The largest absolute Gasteiger partial charge is 0.236 e. The monoisotopic (exact) mass is 402 g/mol. The molecule has 2 aromatic carbocycles. The van der Waals surface area contributed by atoms with Gasteiger partial charge in [-0.05, 0) is 48.4 Å². The van der Waals surface area contributed by atoms with Gasteiger partial charge in [0, 0.05) is 23.5 Å². The molecule has 0 fully saturated rings. The number of hydrogen-bond acceptors (Lipinski definition) is 4. The van der Waals surface area contributed by atoms with E-state index < -0.39 is 10.0 Å². The van der Waals surface area contributed by atoms with E-state index in [0.717, 1.165) is 16.8 Å². The van der Waals surface area contributed by atoms with Crippen molar-refractivity contribution in [3.8, 4) is 5.69 Å². The predicted octanol–water partition coefficient (Wildman–Crippen LogP) is 3.91. The summed E-state index contributed by atoms with van der Waals surface area (Å²) in [6, 6.07) is 14.2. The molecule has 0 saturated carbocycles. The number of hydrogen-bond donors (Lipinski definition) is 0. The summed E-state index contributed by atoms with van der Waals surface area (Å²) >= 11 is 5.85. The third-order valence-electron chi connectivity index (χ3n) is 4.31. The van der Waals surface area contributed by atoms with Gasteiger partial charge in [-0.1, -0.05) is 35.9 Å². The molecule has 0 aliphatic heterocycles. The van der Waals surface area contributed by atoms with Crippen LogP contribution in [0.4, 0.5) is 0 Å². The Balaban J connectivity index is 1.75. The SMILES string of the molecule is C[C@@H](c1ccc(-n2cncn2)cc1)N(C)S(=O)(=O)/C=C/c1ccc(Cl)cc1. The Hall–Kier alpha value is -2.48. The van der Waals surface area contributed by atoms with Crippen LogP contribution < -0.4 is 0 Å². The van der Waals surface area contributed by atoms with Gasteiger partial charge in [-0.15, -0.1) is 0 Å². The van der Waals surface area contributed by atoms with Crippen LogP contribution in [0.1, 0.15) is 24.1 Å². The van der Waals surface area contributed by atoms with Crippen molar-refractivity contribution >= 4 is 27.7 Å². The van der Waals surface area contributed by atoms with Crippen molar-refractivity contribution in [2.75, 3.05) is 7.05 Å². The van der Waals surface area contributed by atoms with E-state index in [9.17, 15) is 8.42 Å². The zero-order valence-corrected chi connectivity index (χ0v) is 16.5. The molecule has 0 radical (unpaired) electrons. The lowest BCUT2D eigenvalue weighted by Gasteiger charge is -2.23. The van der Waals surface area contributed by atoms with Crippen molar-refractivity contribution in [2.24, 2.45) is 0 Å². The highest BCUT2D eigenvalue weighted by molar-refractivity contribution is 7.92. The van der Waals surface area contributed by atoms with E-state index >= 15 is 0 Å². The lowest BCUT2D eigenvalue weighted by molar-refractivity contribution is 0.404. The maximum Gasteiger partial charge on any atom is 0.236 e. The molecule has 6 nitrogen and oxygen atoms in total. The van der Waals surface area contributed by atoms with E-state index in [4.69, 9.17) is 11.6 Å². The standard InChI is InChI=1S/C19H19ClN4O2S/c1-15(17-5-9-19(10-6-17)24-14-21-13-22-24)23(2)27(25,26)12-11-16-3-7-18(20)8-4-16/h3-15H,1-2H3/b12-11+/t15-/m0/s1. The molecule has 0 N–H and O–H groups in total. The molecule has 1 heterocycles. The number of nitrogens with zero attached hydrogens (tertiary/aromatic N) is 4. The Labute approximate surface area is 163 Å². The predicted molar refractivity (Wildman–Crippen MR) is 107 cm³/mol. The summed E-state index contributed by atoms with van der Waals surface area (Å²) in [6.45, 7) is 1.85. The average Bonchev–Trinajstić information content (AvgIpc) is 3.21. The van der Waals surface area contributed by atoms with E-state index in [1.807, 2.05) is 31.2 Å². The maximum absolute atomic E-state index is 12.6. The normalized spacial score (nSPS) is 13.3. The highest BCUT2D eigenvalue weighted by Crippen LogP contribution is 2.24. The van der Waals surface area contributed by atoms with Gasteiger partial charge in [0.2, 0.25) is 10.0 Å². The smallest absolute Gasteiger partial charge is 0.223 e. The van der Waals surface area contributed by atoms with Gasteiger partial charge in [0.1, 0.15) is 12.7 Å². The second-order valence-electron chi connectivity index (χ2n) is 6.02. The Morgan fingerprint density at radius 1 is 1.11 bits per heavy atom. The van der Waals surface area contributed by atoms with Crippen LogP contribution in [0.5, 0.6) is 0 Å². The summed E-state index contributed by atoms with van der Waals surface area (Å²) < 4.78 is 28.2. The second-order valence-corrected chi connectivity index (χ2v) is 8.34. The molecule has 27 heavy (non-hydrogen) atoms. The first-order valence-corrected chi connectivity index (χ1v) is 10.1. The molecule has 0 amide bonds. The zero-order chi connectivity index (χ0) is 19.4. The van der Waals surface area contributed by atoms with Crippen LogP contribution in [0.2, 0.25) is 5.02 Å². The lowest BCUT2D eigenvalue weighted by Crippen LogP contribution is -2.28. The Kier molecular flexibility index (Phi) is 5.74. The van der Waals surface area contributed by atoms with Crippen molar-refractivity contribution in [3.05, 3.63) is 82.7 Å². The van der Waals surface area contributed by atoms with Gasteiger partial charge in [-0.2, -0.15) is 9.40 Å². The third-order valence-corrected chi connectivity index (χ3v) is 6.16. The van der Waals surface area contributed by atoms with Gasteiger partial charge in [-0.25, -0.2) is 18.1 Å². The van der Waals surface area contributed by atoms with E-state index in [0.29, 0.717) is 5.02 Å². The molecular weight excluding hydrogens is 384 g/mol. The highest BCUT2D eigenvalue weighted by atomic mass is 35.5. The minimum absolute atomic E-state index is 0.324. The summed E-state index contributed by atoms with van der Waals surface area (Å²) in [5, 5.41) is 5.89. The molecule has 1 atom stereocenters. The van der Waals surface area contributed by atoms with E-state index in [1.165, 1.54) is 16.0 Å². The van der Waals surface area contributed by atoms with Gasteiger partial charge >= 0.3 is 0 Å². The Bertz CT molecular complexity index is 1010. The van der Waals surface area contributed by atoms with Gasteiger partial charge in [0.15, 0.2) is 0 Å². The number of benzene rings is 2. The summed E-state index contributed by atoms with van der Waals surface area (Å²) in [6.07, 6.45) is 4.63. The molecule has 140 valence electrons.